The first-order valence-corrected chi connectivity index (χ1v) is 7.84. The van der Waals surface area contributed by atoms with E-state index in [1.54, 1.807) is 19.1 Å². The van der Waals surface area contributed by atoms with Crippen molar-refractivity contribution in [3.8, 4) is 5.88 Å². The number of anilines is 1. The maximum absolute atomic E-state index is 12.4. The maximum Gasteiger partial charge on any atom is 0.422 e. The quantitative estimate of drug-likeness (QED) is 0.764. The minimum Gasteiger partial charge on any atom is -0.467 e. The molecular formula is C17H14ClF3N2O4. The first-order valence-electron chi connectivity index (χ1n) is 7.46. The van der Waals surface area contributed by atoms with Crippen LogP contribution in [0.25, 0.3) is 0 Å². The molecule has 1 N–H and O–H groups in total. The third-order valence-electron chi connectivity index (χ3n) is 3.27. The molecule has 0 fully saturated rings. The summed E-state index contributed by atoms with van der Waals surface area (Å²) in [4.78, 5) is 27.8. The number of halogens is 4. The van der Waals surface area contributed by atoms with E-state index in [-0.39, 0.29) is 21.8 Å². The van der Waals surface area contributed by atoms with Crippen LogP contribution in [0.5, 0.6) is 5.88 Å². The van der Waals surface area contributed by atoms with Gasteiger partial charge in [0, 0.05) is 6.20 Å². The molecule has 2 aromatic rings. The smallest absolute Gasteiger partial charge is 0.422 e. The van der Waals surface area contributed by atoms with Crippen LogP contribution in [0.3, 0.4) is 0 Å². The molecule has 0 radical (unpaired) electrons. The summed E-state index contributed by atoms with van der Waals surface area (Å²) in [5, 5.41) is 2.25. The number of methoxy groups -OCH3 is 1. The van der Waals surface area contributed by atoms with E-state index < -0.39 is 30.5 Å². The van der Waals surface area contributed by atoms with E-state index in [9.17, 15) is 22.8 Å². The van der Waals surface area contributed by atoms with Crippen molar-refractivity contribution in [3.63, 3.8) is 0 Å². The van der Waals surface area contributed by atoms with Gasteiger partial charge in [0.1, 0.15) is 5.02 Å². The molecule has 10 heteroatoms. The molecule has 1 aromatic heterocycles. The van der Waals surface area contributed by atoms with Crippen LogP contribution in [-0.2, 0) is 4.74 Å². The van der Waals surface area contributed by atoms with Gasteiger partial charge in [0.25, 0.3) is 5.91 Å². The molecule has 2 rings (SSSR count). The summed E-state index contributed by atoms with van der Waals surface area (Å²) in [6, 6.07) is 5.86. The van der Waals surface area contributed by atoms with Crippen molar-refractivity contribution in [3.05, 3.63) is 52.2 Å². The van der Waals surface area contributed by atoms with Crippen LogP contribution in [0.1, 0.15) is 26.3 Å². The first-order chi connectivity index (χ1) is 12.6. The fourth-order valence-corrected chi connectivity index (χ4v) is 2.27. The van der Waals surface area contributed by atoms with Gasteiger partial charge >= 0.3 is 12.1 Å². The van der Waals surface area contributed by atoms with Gasteiger partial charge < -0.3 is 14.8 Å². The Bertz CT molecular complexity index is 872. The Balaban J connectivity index is 2.20. The number of amides is 1. The van der Waals surface area contributed by atoms with Crippen LogP contribution in [-0.4, -0.2) is 36.8 Å². The van der Waals surface area contributed by atoms with Crippen LogP contribution in [0.4, 0.5) is 18.9 Å². The van der Waals surface area contributed by atoms with E-state index in [1.165, 1.54) is 13.2 Å². The number of esters is 1. The lowest BCUT2D eigenvalue weighted by atomic mass is 10.1. The van der Waals surface area contributed by atoms with Crippen molar-refractivity contribution in [2.45, 2.75) is 13.1 Å². The number of ether oxygens (including phenoxy) is 2. The Labute approximate surface area is 157 Å². The number of aryl methyl sites for hydroxylation is 1. The van der Waals surface area contributed by atoms with Crippen molar-refractivity contribution in [1.82, 2.24) is 4.98 Å². The highest BCUT2D eigenvalue weighted by Gasteiger charge is 2.29. The molecule has 0 bridgehead atoms. The topological polar surface area (TPSA) is 77.5 Å². The monoisotopic (exact) mass is 402 g/mol. The van der Waals surface area contributed by atoms with Crippen LogP contribution in [0.2, 0.25) is 5.02 Å². The zero-order valence-corrected chi connectivity index (χ0v) is 14.9. The number of carbonyl (C=O) groups excluding carboxylic acids is 2. The number of rotatable bonds is 5. The fourth-order valence-electron chi connectivity index (χ4n) is 2.05. The van der Waals surface area contributed by atoms with E-state index in [4.69, 9.17) is 11.6 Å². The molecule has 0 aliphatic rings. The lowest BCUT2D eigenvalue weighted by molar-refractivity contribution is -0.154. The van der Waals surface area contributed by atoms with Gasteiger partial charge in [-0.2, -0.15) is 13.2 Å². The molecule has 0 atom stereocenters. The average Bonchev–Trinajstić information content (AvgIpc) is 2.60. The summed E-state index contributed by atoms with van der Waals surface area (Å²) in [7, 11) is 1.21. The highest BCUT2D eigenvalue weighted by atomic mass is 35.5. The highest BCUT2D eigenvalue weighted by molar-refractivity contribution is 6.32. The van der Waals surface area contributed by atoms with Gasteiger partial charge in [-0.05, 0) is 25.1 Å². The zero-order valence-electron chi connectivity index (χ0n) is 14.2. The Morgan fingerprint density at radius 2 is 1.96 bits per heavy atom. The van der Waals surface area contributed by atoms with Crippen molar-refractivity contribution in [2.24, 2.45) is 0 Å². The number of hydrogen-bond acceptors (Lipinski definition) is 5. The summed E-state index contributed by atoms with van der Waals surface area (Å²) in [6.07, 6.45) is -3.53. The predicted molar refractivity (Wildman–Crippen MR) is 91.3 cm³/mol. The number of pyridine rings is 1. The SMILES string of the molecule is COC(=O)c1cc(C)ccc1NC(=O)c1cnc(OCC(F)(F)F)c(Cl)c1. The first kappa shape index (κ1) is 20.5. The van der Waals surface area contributed by atoms with Crippen molar-refractivity contribution in [1.29, 1.82) is 0 Å². The lowest BCUT2D eigenvalue weighted by Gasteiger charge is -2.12. The molecule has 1 amide bonds. The van der Waals surface area contributed by atoms with Crippen LogP contribution < -0.4 is 10.1 Å². The molecule has 0 saturated carbocycles. The normalized spacial score (nSPS) is 11.0. The minimum atomic E-state index is -4.54. The number of nitrogens with zero attached hydrogens (tertiary/aromatic N) is 1. The number of alkyl halides is 3. The van der Waals surface area contributed by atoms with Gasteiger partial charge in [-0.3, -0.25) is 4.79 Å². The largest absolute Gasteiger partial charge is 0.467 e. The number of carbonyl (C=O) groups is 2. The molecule has 0 spiro atoms. The Morgan fingerprint density at radius 1 is 1.26 bits per heavy atom. The highest BCUT2D eigenvalue weighted by Crippen LogP contribution is 2.26. The maximum atomic E-state index is 12.4. The number of nitrogens with one attached hydrogen (secondary N) is 1. The molecule has 0 aliphatic heterocycles. The number of benzene rings is 1. The molecule has 1 aromatic carbocycles. The van der Waals surface area contributed by atoms with Gasteiger partial charge in [0.05, 0.1) is 23.9 Å². The minimum absolute atomic E-state index is 0.0317. The van der Waals surface area contributed by atoms with E-state index in [0.717, 1.165) is 17.8 Å². The second-order valence-electron chi connectivity index (χ2n) is 5.41. The van der Waals surface area contributed by atoms with Gasteiger partial charge in [0.15, 0.2) is 6.61 Å². The lowest BCUT2D eigenvalue weighted by Crippen LogP contribution is -2.20. The average molecular weight is 403 g/mol. The number of aromatic nitrogens is 1. The summed E-state index contributed by atoms with van der Waals surface area (Å²) in [5.41, 5.74) is 1.10. The summed E-state index contributed by atoms with van der Waals surface area (Å²) >= 11 is 5.82. The Morgan fingerprint density at radius 3 is 2.56 bits per heavy atom. The van der Waals surface area contributed by atoms with Gasteiger partial charge in [-0.1, -0.05) is 23.2 Å². The molecule has 0 unspecified atom stereocenters. The molecule has 27 heavy (non-hydrogen) atoms. The third-order valence-corrected chi connectivity index (χ3v) is 3.54. The van der Waals surface area contributed by atoms with Crippen LogP contribution in [0.15, 0.2) is 30.5 Å². The van der Waals surface area contributed by atoms with E-state index in [0.29, 0.717) is 0 Å². The molecule has 0 saturated heterocycles. The van der Waals surface area contributed by atoms with Gasteiger partial charge in [-0.15, -0.1) is 0 Å². The van der Waals surface area contributed by atoms with Crippen LogP contribution in [0, 0.1) is 6.92 Å². The summed E-state index contributed by atoms with van der Waals surface area (Å²) < 4.78 is 45.7. The predicted octanol–water partition coefficient (Wildman–Crippen LogP) is 4.02. The van der Waals surface area contributed by atoms with Crippen molar-refractivity contribution < 1.29 is 32.2 Å². The molecular weight excluding hydrogens is 389 g/mol. The van der Waals surface area contributed by atoms with Crippen molar-refractivity contribution >= 4 is 29.2 Å². The van der Waals surface area contributed by atoms with E-state index in [1.807, 2.05) is 0 Å². The second-order valence-corrected chi connectivity index (χ2v) is 5.82. The van der Waals surface area contributed by atoms with E-state index in [2.05, 4.69) is 19.8 Å². The second kappa shape index (κ2) is 8.26. The van der Waals surface area contributed by atoms with Gasteiger partial charge in [0.2, 0.25) is 5.88 Å². The third kappa shape index (κ3) is 5.58. The molecule has 6 nitrogen and oxygen atoms in total. The fraction of sp³-hybridized carbons (Fsp3) is 0.235. The number of hydrogen-bond donors (Lipinski definition) is 1. The summed E-state index contributed by atoms with van der Waals surface area (Å²) in [6.45, 7) is 0.207. The zero-order chi connectivity index (χ0) is 20.2. The Kier molecular flexibility index (Phi) is 6.27. The van der Waals surface area contributed by atoms with Gasteiger partial charge in [-0.25, -0.2) is 9.78 Å². The molecule has 1 heterocycles. The summed E-state index contributed by atoms with van der Waals surface area (Å²) in [5.74, 6) is -1.75. The standard InChI is InChI=1S/C17H14ClF3N2O4/c1-9-3-4-13(11(5-9)16(25)26-2)23-14(24)10-6-12(18)15(22-7-10)27-8-17(19,20)21/h3-7H,8H2,1-2H3,(H,23,24). The molecule has 144 valence electrons. The van der Waals surface area contributed by atoms with Crippen molar-refractivity contribution in [2.75, 3.05) is 19.0 Å². The Hall–Kier alpha value is -2.81. The molecule has 0 aliphatic carbocycles. The van der Waals surface area contributed by atoms with E-state index >= 15 is 0 Å². The van der Waals surface area contributed by atoms with Crippen LogP contribution >= 0.6 is 11.6 Å².